The van der Waals surface area contributed by atoms with Crippen molar-refractivity contribution in [1.29, 1.82) is 0 Å². The van der Waals surface area contributed by atoms with Gasteiger partial charge in [-0.1, -0.05) is 18.2 Å². The third kappa shape index (κ3) is 1.95. The van der Waals surface area contributed by atoms with Gasteiger partial charge in [-0.25, -0.2) is 8.42 Å². The first kappa shape index (κ1) is 12.9. The molecule has 5 heteroatoms. The molecule has 0 spiro atoms. The Morgan fingerprint density at radius 1 is 1.33 bits per heavy atom. The minimum absolute atomic E-state index is 0.0380. The van der Waals surface area contributed by atoms with E-state index in [2.05, 4.69) is 0 Å². The van der Waals surface area contributed by atoms with Crippen molar-refractivity contribution in [3.63, 3.8) is 0 Å². The molecule has 1 unspecified atom stereocenters. The van der Waals surface area contributed by atoms with Gasteiger partial charge in [-0.05, 0) is 36.8 Å². The Bertz CT molecular complexity index is 631. The minimum Gasteiger partial charge on any atom is -0.508 e. The SMILES string of the molecule is Cc1ccccc1S(=O)(=O)C1(N)C=CC(O)=CC1. The van der Waals surface area contributed by atoms with E-state index < -0.39 is 14.7 Å². The Morgan fingerprint density at radius 2 is 2.00 bits per heavy atom. The van der Waals surface area contributed by atoms with Crippen LogP contribution in [0, 0.1) is 6.92 Å². The molecule has 1 aliphatic rings. The van der Waals surface area contributed by atoms with Gasteiger partial charge in [0, 0.05) is 6.42 Å². The van der Waals surface area contributed by atoms with Crippen LogP contribution < -0.4 is 5.73 Å². The maximum Gasteiger partial charge on any atom is 0.201 e. The summed E-state index contributed by atoms with van der Waals surface area (Å²) in [5, 5.41) is 9.26. The molecule has 0 saturated carbocycles. The molecule has 0 aromatic heterocycles. The fraction of sp³-hybridized carbons (Fsp3) is 0.231. The summed E-state index contributed by atoms with van der Waals surface area (Å²) < 4.78 is 25.1. The van der Waals surface area contributed by atoms with E-state index in [1.807, 2.05) is 0 Å². The molecule has 1 aromatic carbocycles. The van der Waals surface area contributed by atoms with Gasteiger partial charge in [0.05, 0.1) is 4.90 Å². The van der Waals surface area contributed by atoms with E-state index in [1.54, 1.807) is 31.2 Å². The number of aliphatic hydroxyl groups is 1. The normalized spacial score (nSPS) is 23.8. The number of allylic oxidation sites excluding steroid dienone is 1. The van der Waals surface area contributed by atoms with Gasteiger partial charge in [-0.2, -0.15) is 0 Å². The van der Waals surface area contributed by atoms with E-state index in [0.717, 1.165) is 0 Å². The average Bonchev–Trinajstić information content (AvgIpc) is 2.33. The predicted molar refractivity (Wildman–Crippen MR) is 69.8 cm³/mol. The fourth-order valence-corrected chi connectivity index (χ4v) is 3.60. The monoisotopic (exact) mass is 265 g/mol. The zero-order chi connectivity index (χ0) is 13.4. The van der Waals surface area contributed by atoms with Crippen LogP contribution in [0.1, 0.15) is 12.0 Å². The molecule has 0 heterocycles. The summed E-state index contributed by atoms with van der Waals surface area (Å²) >= 11 is 0. The molecule has 96 valence electrons. The molecule has 0 amide bonds. The molecule has 3 N–H and O–H groups in total. The van der Waals surface area contributed by atoms with Crippen molar-refractivity contribution in [2.24, 2.45) is 5.73 Å². The van der Waals surface area contributed by atoms with Crippen LogP contribution in [0.3, 0.4) is 0 Å². The molecular formula is C13H15NO3S. The van der Waals surface area contributed by atoms with Gasteiger partial charge in [0.2, 0.25) is 9.84 Å². The van der Waals surface area contributed by atoms with Crippen molar-refractivity contribution < 1.29 is 13.5 Å². The summed E-state index contributed by atoms with van der Waals surface area (Å²) in [7, 11) is -3.68. The zero-order valence-electron chi connectivity index (χ0n) is 10.00. The number of rotatable bonds is 2. The van der Waals surface area contributed by atoms with Gasteiger partial charge in [0.15, 0.2) is 0 Å². The molecule has 0 radical (unpaired) electrons. The molecule has 2 rings (SSSR count). The van der Waals surface area contributed by atoms with Crippen molar-refractivity contribution in [3.8, 4) is 0 Å². The highest BCUT2D eigenvalue weighted by Gasteiger charge is 2.40. The number of benzene rings is 1. The van der Waals surface area contributed by atoms with Crippen molar-refractivity contribution >= 4 is 9.84 Å². The third-order valence-corrected chi connectivity index (χ3v) is 5.39. The number of hydrogen-bond acceptors (Lipinski definition) is 4. The number of hydrogen-bond donors (Lipinski definition) is 2. The second-order valence-corrected chi connectivity index (χ2v) is 6.60. The van der Waals surface area contributed by atoms with Crippen molar-refractivity contribution in [2.75, 3.05) is 0 Å². The predicted octanol–water partition coefficient (Wildman–Crippen LogP) is 1.83. The van der Waals surface area contributed by atoms with Crippen LogP contribution in [0.15, 0.2) is 53.1 Å². The molecule has 0 saturated heterocycles. The van der Waals surface area contributed by atoms with Gasteiger partial charge >= 0.3 is 0 Å². The van der Waals surface area contributed by atoms with Crippen LogP contribution in [0.2, 0.25) is 0 Å². The lowest BCUT2D eigenvalue weighted by atomic mass is 10.1. The summed E-state index contributed by atoms with van der Waals surface area (Å²) in [6, 6.07) is 6.73. The van der Waals surface area contributed by atoms with Crippen LogP contribution in [0.4, 0.5) is 0 Å². The third-order valence-electron chi connectivity index (χ3n) is 3.05. The first-order valence-corrected chi connectivity index (χ1v) is 7.03. The summed E-state index contributed by atoms with van der Waals surface area (Å²) in [4.78, 5) is -1.27. The molecule has 0 fully saturated rings. The van der Waals surface area contributed by atoms with E-state index in [9.17, 15) is 13.5 Å². The summed E-state index contributed by atoms with van der Waals surface area (Å²) in [6.45, 7) is 1.73. The Balaban J connectivity index is 2.51. The number of sulfone groups is 1. The Hall–Kier alpha value is -1.59. The smallest absolute Gasteiger partial charge is 0.201 e. The van der Waals surface area contributed by atoms with Gasteiger partial charge in [0.25, 0.3) is 0 Å². The van der Waals surface area contributed by atoms with E-state index in [1.165, 1.54) is 18.2 Å². The van der Waals surface area contributed by atoms with Gasteiger partial charge in [-0.3, -0.25) is 0 Å². The lowest BCUT2D eigenvalue weighted by molar-refractivity contribution is 0.422. The van der Waals surface area contributed by atoms with Crippen LogP contribution in [-0.2, 0) is 9.84 Å². The maximum atomic E-state index is 12.5. The number of aliphatic hydroxyl groups excluding tert-OH is 1. The first-order valence-electron chi connectivity index (χ1n) is 5.54. The van der Waals surface area contributed by atoms with E-state index in [4.69, 9.17) is 5.73 Å². The topological polar surface area (TPSA) is 80.4 Å². The fourth-order valence-electron chi connectivity index (χ4n) is 1.89. The summed E-state index contributed by atoms with van der Waals surface area (Å²) in [5.41, 5.74) is 6.63. The van der Waals surface area contributed by atoms with E-state index in [-0.39, 0.29) is 17.1 Å². The second-order valence-electron chi connectivity index (χ2n) is 4.39. The van der Waals surface area contributed by atoms with Crippen LogP contribution >= 0.6 is 0 Å². The van der Waals surface area contributed by atoms with Crippen molar-refractivity contribution in [3.05, 3.63) is 53.8 Å². The average molecular weight is 265 g/mol. The zero-order valence-corrected chi connectivity index (χ0v) is 10.8. The molecule has 0 bridgehead atoms. The van der Waals surface area contributed by atoms with Crippen molar-refractivity contribution in [1.82, 2.24) is 0 Å². The minimum atomic E-state index is -3.68. The second kappa shape index (κ2) is 4.26. The van der Waals surface area contributed by atoms with Gasteiger partial charge in [-0.15, -0.1) is 0 Å². The standard InChI is InChI=1S/C13H15NO3S/c1-10-4-2-3-5-12(10)18(16,17)13(14)8-6-11(15)7-9-13/h2-8,15H,9,14H2,1H3. The highest BCUT2D eigenvalue weighted by Crippen LogP contribution is 2.30. The molecule has 0 aliphatic heterocycles. The lowest BCUT2D eigenvalue weighted by Gasteiger charge is -2.27. The maximum absolute atomic E-state index is 12.5. The number of nitrogens with two attached hydrogens (primary N) is 1. The van der Waals surface area contributed by atoms with E-state index >= 15 is 0 Å². The van der Waals surface area contributed by atoms with E-state index in [0.29, 0.717) is 5.56 Å². The first-order chi connectivity index (χ1) is 8.37. The summed E-state index contributed by atoms with van der Waals surface area (Å²) in [6.07, 6.45) is 4.13. The van der Waals surface area contributed by atoms with Crippen LogP contribution in [0.25, 0.3) is 0 Å². The van der Waals surface area contributed by atoms with Crippen LogP contribution in [0.5, 0.6) is 0 Å². The van der Waals surface area contributed by atoms with Gasteiger partial charge < -0.3 is 10.8 Å². The highest BCUT2D eigenvalue weighted by molar-refractivity contribution is 7.93. The number of aryl methyl sites for hydroxylation is 1. The highest BCUT2D eigenvalue weighted by atomic mass is 32.2. The van der Waals surface area contributed by atoms with Crippen LogP contribution in [-0.4, -0.2) is 18.4 Å². The Kier molecular flexibility index (Phi) is 3.04. The quantitative estimate of drug-likeness (QED) is 0.854. The lowest BCUT2D eigenvalue weighted by Crippen LogP contribution is -2.46. The molecule has 1 aromatic rings. The van der Waals surface area contributed by atoms with Crippen molar-refractivity contribution in [2.45, 2.75) is 23.1 Å². The molecule has 1 atom stereocenters. The Morgan fingerprint density at radius 3 is 2.56 bits per heavy atom. The largest absolute Gasteiger partial charge is 0.508 e. The molecule has 18 heavy (non-hydrogen) atoms. The Labute approximate surface area is 106 Å². The molecule has 1 aliphatic carbocycles. The molecule has 4 nitrogen and oxygen atoms in total. The summed E-state index contributed by atoms with van der Waals surface area (Å²) in [5.74, 6) is 0.0380. The van der Waals surface area contributed by atoms with Gasteiger partial charge in [0.1, 0.15) is 10.6 Å². The molecular weight excluding hydrogens is 250 g/mol.